The average molecular weight is 242 g/mol. The van der Waals surface area contributed by atoms with Crippen molar-refractivity contribution in [1.29, 1.82) is 0 Å². The molecule has 0 aromatic rings. The molecule has 1 aliphatic rings. The van der Waals surface area contributed by atoms with E-state index >= 15 is 0 Å². The zero-order chi connectivity index (χ0) is 12.7. The summed E-state index contributed by atoms with van der Waals surface area (Å²) >= 11 is 0. The molecular weight excluding hydrogens is 216 g/mol. The lowest BCUT2D eigenvalue weighted by Crippen LogP contribution is -2.43. The number of rotatable bonds is 7. The fraction of sp³-hybridized carbons (Fsp3) is 0.923. The van der Waals surface area contributed by atoms with Crippen molar-refractivity contribution in [1.82, 2.24) is 10.2 Å². The quantitative estimate of drug-likeness (QED) is 0.713. The van der Waals surface area contributed by atoms with Gasteiger partial charge in [-0.2, -0.15) is 0 Å². The summed E-state index contributed by atoms with van der Waals surface area (Å²) in [6, 6.07) is 0.230. The Morgan fingerprint density at radius 1 is 1.53 bits per heavy atom. The van der Waals surface area contributed by atoms with Gasteiger partial charge in [-0.15, -0.1) is 0 Å². The Morgan fingerprint density at radius 2 is 2.29 bits per heavy atom. The third-order valence-corrected chi connectivity index (χ3v) is 3.58. The molecule has 17 heavy (non-hydrogen) atoms. The minimum atomic E-state index is -0.719. The van der Waals surface area contributed by atoms with E-state index in [-0.39, 0.29) is 6.04 Å². The van der Waals surface area contributed by atoms with Crippen LogP contribution in [0.5, 0.6) is 0 Å². The van der Waals surface area contributed by atoms with Crippen molar-refractivity contribution >= 4 is 5.97 Å². The van der Waals surface area contributed by atoms with E-state index in [4.69, 9.17) is 5.11 Å². The predicted octanol–water partition coefficient (Wildman–Crippen LogP) is 1.70. The fourth-order valence-electron chi connectivity index (χ4n) is 2.42. The van der Waals surface area contributed by atoms with E-state index in [1.54, 1.807) is 0 Å². The van der Waals surface area contributed by atoms with Gasteiger partial charge in [-0.25, -0.2) is 0 Å². The number of aliphatic carboxylic acids is 1. The summed E-state index contributed by atoms with van der Waals surface area (Å²) in [5.41, 5.74) is 0. The first-order chi connectivity index (χ1) is 8.15. The van der Waals surface area contributed by atoms with E-state index in [2.05, 4.69) is 24.1 Å². The van der Waals surface area contributed by atoms with Crippen LogP contribution in [0.3, 0.4) is 0 Å². The molecule has 0 aromatic carbocycles. The second-order valence-electron chi connectivity index (χ2n) is 5.01. The Kier molecular flexibility index (Phi) is 6.52. The maximum Gasteiger partial charge on any atom is 0.320 e. The Balaban J connectivity index is 2.31. The SMILES string of the molecule is CCCNC(CCN1CCCCC1C)C(=O)O. The topological polar surface area (TPSA) is 52.6 Å². The highest BCUT2D eigenvalue weighted by Crippen LogP contribution is 2.16. The number of hydrogen-bond acceptors (Lipinski definition) is 3. The van der Waals surface area contributed by atoms with Gasteiger partial charge in [0.2, 0.25) is 0 Å². The molecule has 1 heterocycles. The highest BCUT2D eigenvalue weighted by Gasteiger charge is 2.21. The van der Waals surface area contributed by atoms with Crippen LogP contribution < -0.4 is 5.32 Å². The Morgan fingerprint density at radius 3 is 2.88 bits per heavy atom. The molecule has 4 heteroatoms. The number of carboxylic acid groups (broad SMARTS) is 1. The molecule has 0 saturated carbocycles. The molecule has 1 rings (SSSR count). The van der Waals surface area contributed by atoms with Crippen LogP contribution in [0.2, 0.25) is 0 Å². The fourth-order valence-corrected chi connectivity index (χ4v) is 2.42. The van der Waals surface area contributed by atoms with Gasteiger partial charge in [0.1, 0.15) is 6.04 Å². The number of carboxylic acids is 1. The first-order valence-electron chi connectivity index (χ1n) is 6.85. The van der Waals surface area contributed by atoms with Crippen LogP contribution in [0.25, 0.3) is 0 Å². The smallest absolute Gasteiger partial charge is 0.320 e. The zero-order valence-corrected chi connectivity index (χ0v) is 11.1. The molecule has 100 valence electrons. The Bertz CT molecular complexity index is 233. The molecule has 2 atom stereocenters. The normalized spacial score (nSPS) is 23.5. The molecule has 2 N–H and O–H groups in total. The van der Waals surface area contributed by atoms with Gasteiger partial charge in [-0.1, -0.05) is 13.3 Å². The lowest BCUT2D eigenvalue weighted by Gasteiger charge is -2.34. The molecular formula is C13H26N2O2. The Labute approximate surface area is 104 Å². The first-order valence-corrected chi connectivity index (χ1v) is 6.85. The van der Waals surface area contributed by atoms with Gasteiger partial charge < -0.3 is 15.3 Å². The van der Waals surface area contributed by atoms with E-state index in [1.807, 2.05) is 0 Å². The second kappa shape index (κ2) is 7.67. The first kappa shape index (κ1) is 14.5. The minimum Gasteiger partial charge on any atom is -0.480 e. The van der Waals surface area contributed by atoms with E-state index < -0.39 is 5.97 Å². The summed E-state index contributed by atoms with van der Waals surface area (Å²) in [5.74, 6) is -0.719. The molecule has 1 fully saturated rings. The highest BCUT2D eigenvalue weighted by atomic mass is 16.4. The van der Waals surface area contributed by atoms with Gasteiger partial charge in [-0.05, 0) is 45.7 Å². The molecule has 4 nitrogen and oxygen atoms in total. The molecule has 0 aromatic heterocycles. The third-order valence-electron chi connectivity index (χ3n) is 3.58. The standard InChI is InChI=1S/C13H26N2O2/c1-3-8-14-12(13(16)17)7-10-15-9-5-4-6-11(15)2/h11-12,14H,3-10H2,1-2H3,(H,16,17). The van der Waals surface area contributed by atoms with Crippen molar-refractivity contribution in [2.75, 3.05) is 19.6 Å². The molecule has 0 bridgehead atoms. The van der Waals surface area contributed by atoms with E-state index in [9.17, 15) is 4.79 Å². The summed E-state index contributed by atoms with van der Waals surface area (Å²) < 4.78 is 0. The van der Waals surface area contributed by atoms with Crippen LogP contribution in [0.1, 0.15) is 46.0 Å². The monoisotopic (exact) mass is 242 g/mol. The number of likely N-dealkylation sites (tertiary alicyclic amines) is 1. The number of nitrogens with one attached hydrogen (secondary N) is 1. The maximum atomic E-state index is 11.1. The van der Waals surface area contributed by atoms with Crippen molar-refractivity contribution in [2.24, 2.45) is 0 Å². The van der Waals surface area contributed by atoms with Crippen LogP contribution in [0.4, 0.5) is 0 Å². The van der Waals surface area contributed by atoms with Gasteiger partial charge in [0, 0.05) is 12.6 Å². The average Bonchev–Trinajstić information content (AvgIpc) is 2.31. The van der Waals surface area contributed by atoms with Crippen LogP contribution in [0.15, 0.2) is 0 Å². The zero-order valence-electron chi connectivity index (χ0n) is 11.1. The minimum absolute atomic E-state index is 0.385. The molecule has 0 spiro atoms. The lowest BCUT2D eigenvalue weighted by atomic mass is 10.0. The van der Waals surface area contributed by atoms with Gasteiger partial charge in [-0.3, -0.25) is 4.79 Å². The number of carbonyl (C=O) groups is 1. The highest BCUT2D eigenvalue weighted by molar-refractivity contribution is 5.73. The van der Waals surface area contributed by atoms with Gasteiger partial charge in [0.15, 0.2) is 0 Å². The van der Waals surface area contributed by atoms with Gasteiger partial charge >= 0.3 is 5.97 Å². The lowest BCUT2D eigenvalue weighted by molar-refractivity contribution is -0.139. The summed E-state index contributed by atoms with van der Waals surface area (Å²) in [5, 5.41) is 12.2. The van der Waals surface area contributed by atoms with Crippen molar-refractivity contribution < 1.29 is 9.90 Å². The van der Waals surface area contributed by atoms with Crippen LogP contribution in [0, 0.1) is 0 Å². The maximum absolute atomic E-state index is 11.1. The summed E-state index contributed by atoms with van der Waals surface area (Å²) in [6.45, 7) is 7.11. The van der Waals surface area contributed by atoms with Crippen LogP contribution in [-0.2, 0) is 4.79 Å². The number of hydrogen-bond donors (Lipinski definition) is 2. The summed E-state index contributed by atoms with van der Waals surface area (Å²) in [4.78, 5) is 13.5. The Hall–Kier alpha value is -0.610. The summed E-state index contributed by atoms with van der Waals surface area (Å²) in [6.07, 6.45) is 5.50. The predicted molar refractivity (Wildman–Crippen MR) is 69.2 cm³/mol. The molecule has 0 radical (unpaired) electrons. The van der Waals surface area contributed by atoms with E-state index in [1.165, 1.54) is 19.3 Å². The largest absolute Gasteiger partial charge is 0.480 e. The van der Waals surface area contributed by atoms with Gasteiger partial charge in [0.25, 0.3) is 0 Å². The van der Waals surface area contributed by atoms with E-state index in [0.29, 0.717) is 12.5 Å². The molecule has 0 amide bonds. The van der Waals surface area contributed by atoms with Crippen molar-refractivity contribution in [3.8, 4) is 0 Å². The van der Waals surface area contributed by atoms with Crippen molar-refractivity contribution in [3.63, 3.8) is 0 Å². The number of nitrogens with zero attached hydrogens (tertiary/aromatic N) is 1. The molecule has 1 saturated heterocycles. The van der Waals surface area contributed by atoms with Gasteiger partial charge in [0.05, 0.1) is 0 Å². The molecule has 1 aliphatic heterocycles. The van der Waals surface area contributed by atoms with E-state index in [0.717, 1.165) is 26.1 Å². The van der Waals surface area contributed by atoms with Crippen LogP contribution in [-0.4, -0.2) is 47.7 Å². The molecule has 2 unspecified atom stereocenters. The van der Waals surface area contributed by atoms with Crippen LogP contribution >= 0.6 is 0 Å². The molecule has 0 aliphatic carbocycles. The summed E-state index contributed by atoms with van der Waals surface area (Å²) in [7, 11) is 0. The third kappa shape index (κ3) is 5.04. The second-order valence-corrected chi connectivity index (χ2v) is 5.01. The number of piperidine rings is 1. The van der Waals surface area contributed by atoms with Crippen molar-refractivity contribution in [3.05, 3.63) is 0 Å². The van der Waals surface area contributed by atoms with Crippen molar-refractivity contribution in [2.45, 2.75) is 58.0 Å².